The second-order valence-corrected chi connectivity index (χ2v) is 4.40. The van der Waals surface area contributed by atoms with Crippen LogP contribution in [0.25, 0.3) is 0 Å². The molecule has 0 saturated heterocycles. The molecule has 6 nitrogen and oxygen atoms in total. The Hall–Kier alpha value is -1.47. The van der Waals surface area contributed by atoms with E-state index in [4.69, 9.17) is 11.6 Å². The second-order valence-electron chi connectivity index (χ2n) is 3.14. The van der Waals surface area contributed by atoms with Gasteiger partial charge >= 0.3 is 0 Å². The second kappa shape index (κ2) is 5.24. The summed E-state index contributed by atoms with van der Waals surface area (Å²) in [5, 5.41) is 16.3. The van der Waals surface area contributed by atoms with Gasteiger partial charge in [0.15, 0.2) is 5.82 Å². The molecular formula is C9H7BrClN5O. The predicted octanol–water partition coefficient (Wildman–Crippen LogP) is 1.55. The molecule has 0 aliphatic carbocycles. The fourth-order valence-electron chi connectivity index (χ4n) is 1.16. The molecule has 0 atom stereocenters. The molecule has 8 heteroatoms. The molecule has 0 fully saturated rings. The Morgan fingerprint density at radius 2 is 2.35 bits per heavy atom. The molecule has 1 amide bonds. The lowest BCUT2D eigenvalue weighted by Crippen LogP contribution is -2.23. The van der Waals surface area contributed by atoms with Crippen molar-refractivity contribution in [1.82, 2.24) is 25.9 Å². The third-order valence-corrected chi connectivity index (χ3v) is 3.21. The largest absolute Gasteiger partial charge is 0.345 e. The van der Waals surface area contributed by atoms with E-state index in [9.17, 15) is 4.79 Å². The SMILES string of the molecule is O=C(NCc1nn[nH]n1)c1ccc(Br)c(Cl)c1. The number of halogens is 2. The predicted molar refractivity (Wildman–Crippen MR) is 64.5 cm³/mol. The Morgan fingerprint density at radius 1 is 1.53 bits per heavy atom. The fourth-order valence-corrected chi connectivity index (χ4v) is 1.58. The van der Waals surface area contributed by atoms with Gasteiger partial charge in [0, 0.05) is 10.0 Å². The van der Waals surface area contributed by atoms with Crippen LogP contribution in [0.2, 0.25) is 5.02 Å². The van der Waals surface area contributed by atoms with E-state index in [1.165, 1.54) is 0 Å². The third kappa shape index (κ3) is 3.01. The molecule has 0 unspecified atom stereocenters. The zero-order valence-corrected chi connectivity index (χ0v) is 10.8. The van der Waals surface area contributed by atoms with Crippen molar-refractivity contribution < 1.29 is 4.79 Å². The number of benzene rings is 1. The Kier molecular flexibility index (Phi) is 3.70. The molecule has 1 aromatic heterocycles. The van der Waals surface area contributed by atoms with Gasteiger partial charge in [0.25, 0.3) is 5.91 Å². The van der Waals surface area contributed by atoms with Gasteiger partial charge in [0.1, 0.15) is 0 Å². The smallest absolute Gasteiger partial charge is 0.251 e. The summed E-state index contributed by atoms with van der Waals surface area (Å²) < 4.78 is 0.744. The highest BCUT2D eigenvalue weighted by Gasteiger charge is 2.08. The number of carbonyl (C=O) groups is 1. The Bertz CT molecular complexity index is 530. The van der Waals surface area contributed by atoms with E-state index in [-0.39, 0.29) is 12.5 Å². The summed E-state index contributed by atoms with van der Waals surface area (Å²) >= 11 is 9.14. The van der Waals surface area contributed by atoms with Crippen LogP contribution in [-0.4, -0.2) is 26.5 Å². The quantitative estimate of drug-likeness (QED) is 0.900. The molecule has 88 valence electrons. The molecule has 17 heavy (non-hydrogen) atoms. The van der Waals surface area contributed by atoms with E-state index in [0.717, 1.165) is 4.47 Å². The maximum Gasteiger partial charge on any atom is 0.251 e. The van der Waals surface area contributed by atoms with E-state index < -0.39 is 0 Å². The molecule has 1 aromatic carbocycles. The normalized spacial score (nSPS) is 10.2. The maximum atomic E-state index is 11.7. The van der Waals surface area contributed by atoms with E-state index in [1.54, 1.807) is 18.2 Å². The highest BCUT2D eigenvalue weighted by Crippen LogP contribution is 2.23. The Labute approximate surface area is 110 Å². The summed E-state index contributed by atoms with van der Waals surface area (Å²) in [4.78, 5) is 11.7. The molecule has 1 heterocycles. The molecule has 0 aliphatic rings. The Balaban J connectivity index is 2.02. The zero-order chi connectivity index (χ0) is 12.3. The van der Waals surface area contributed by atoms with Gasteiger partial charge in [0.05, 0.1) is 11.6 Å². The number of H-pyrrole nitrogens is 1. The minimum Gasteiger partial charge on any atom is -0.345 e. The summed E-state index contributed by atoms with van der Waals surface area (Å²) in [7, 11) is 0. The van der Waals surface area contributed by atoms with E-state index in [2.05, 4.69) is 41.9 Å². The average molecular weight is 317 g/mol. The van der Waals surface area contributed by atoms with Crippen molar-refractivity contribution in [2.45, 2.75) is 6.54 Å². The molecule has 2 N–H and O–H groups in total. The van der Waals surface area contributed by atoms with Crippen molar-refractivity contribution in [1.29, 1.82) is 0 Å². The van der Waals surface area contributed by atoms with Gasteiger partial charge in [-0.25, -0.2) is 0 Å². The lowest BCUT2D eigenvalue weighted by molar-refractivity contribution is 0.0950. The molecule has 0 saturated carbocycles. The van der Waals surface area contributed by atoms with Crippen molar-refractivity contribution in [3.8, 4) is 0 Å². The Morgan fingerprint density at radius 3 is 3.00 bits per heavy atom. The first-order valence-corrected chi connectivity index (χ1v) is 5.79. The number of nitrogens with one attached hydrogen (secondary N) is 2. The standard InChI is InChI=1S/C9H7BrClN5O/c10-6-2-1-5(3-7(6)11)9(17)12-4-8-13-15-16-14-8/h1-3H,4H2,(H,12,17)(H,13,14,15,16). The van der Waals surface area contributed by atoms with E-state index in [0.29, 0.717) is 16.4 Å². The van der Waals surface area contributed by atoms with Gasteiger partial charge in [-0.3, -0.25) is 4.79 Å². The average Bonchev–Trinajstić information content (AvgIpc) is 2.82. The first-order valence-electron chi connectivity index (χ1n) is 4.62. The van der Waals surface area contributed by atoms with Crippen LogP contribution in [0.5, 0.6) is 0 Å². The van der Waals surface area contributed by atoms with Crippen LogP contribution in [0.15, 0.2) is 22.7 Å². The molecule has 2 rings (SSSR count). The van der Waals surface area contributed by atoms with Crippen LogP contribution in [0, 0.1) is 0 Å². The molecular weight excluding hydrogens is 309 g/mol. The van der Waals surface area contributed by atoms with Gasteiger partial charge in [-0.1, -0.05) is 16.8 Å². The number of hydrogen-bond donors (Lipinski definition) is 2. The number of aromatic amines is 1. The van der Waals surface area contributed by atoms with Crippen molar-refractivity contribution in [2.75, 3.05) is 0 Å². The highest BCUT2D eigenvalue weighted by molar-refractivity contribution is 9.10. The van der Waals surface area contributed by atoms with Crippen LogP contribution in [-0.2, 0) is 6.54 Å². The van der Waals surface area contributed by atoms with Crippen LogP contribution in [0.4, 0.5) is 0 Å². The van der Waals surface area contributed by atoms with Crippen LogP contribution < -0.4 is 5.32 Å². The van der Waals surface area contributed by atoms with Gasteiger partial charge in [-0.2, -0.15) is 5.21 Å². The number of hydrogen-bond acceptors (Lipinski definition) is 4. The first kappa shape index (κ1) is 12.0. The number of carbonyl (C=O) groups excluding carboxylic acids is 1. The van der Waals surface area contributed by atoms with Crippen molar-refractivity contribution in [3.05, 3.63) is 39.1 Å². The summed E-state index contributed by atoms with van der Waals surface area (Å²) in [5.41, 5.74) is 0.474. The number of nitrogens with zero attached hydrogens (tertiary/aromatic N) is 3. The van der Waals surface area contributed by atoms with Crippen molar-refractivity contribution >= 4 is 33.4 Å². The first-order chi connectivity index (χ1) is 8.16. The molecule has 0 bridgehead atoms. The number of aromatic nitrogens is 4. The summed E-state index contributed by atoms with van der Waals surface area (Å²) in [6.45, 7) is 0.211. The van der Waals surface area contributed by atoms with Crippen LogP contribution >= 0.6 is 27.5 Å². The minimum absolute atomic E-state index is 0.211. The molecule has 0 radical (unpaired) electrons. The van der Waals surface area contributed by atoms with E-state index in [1.807, 2.05) is 0 Å². The number of amides is 1. The number of tetrazole rings is 1. The molecule has 0 aliphatic heterocycles. The monoisotopic (exact) mass is 315 g/mol. The fraction of sp³-hybridized carbons (Fsp3) is 0.111. The maximum absolute atomic E-state index is 11.7. The zero-order valence-electron chi connectivity index (χ0n) is 8.44. The van der Waals surface area contributed by atoms with Gasteiger partial charge in [-0.15, -0.1) is 10.2 Å². The summed E-state index contributed by atoms with van der Waals surface area (Å²) in [5.74, 6) is 0.172. The van der Waals surface area contributed by atoms with Gasteiger partial charge < -0.3 is 5.32 Å². The summed E-state index contributed by atoms with van der Waals surface area (Å²) in [6.07, 6.45) is 0. The number of rotatable bonds is 3. The van der Waals surface area contributed by atoms with Crippen molar-refractivity contribution in [3.63, 3.8) is 0 Å². The van der Waals surface area contributed by atoms with Gasteiger partial charge in [0.2, 0.25) is 0 Å². The van der Waals surface area contributed by atoms with Crippen molar-refractivity contribution in [2.24, 2.45) is 0 Å². The highest BCUT2D eigenvalue weighted by atomic mass is 79.9. The van der Waals surface area contributed by atoms with Gasteiger partial charge in [-0.05, 0) is 34.1 Å². The lowest BCUT2D eigenvalue weighted by Gasteiger charge is -2.03. The van der Waals surface area contributed by atoms with Crippen LogP contribution in [0.3, 0.4) is 0 Å². The molecule has 0 spiro atoms. The third-order valence-electron chi connectivity index (χ3n) is 1.98. The molecule has 2 aromatic rings. The van der Waals surface area contributed by atoms with Crippen LogP contribution in [0.1, 0.15) is 16.2 Å². The minimum atomic E-state index is -0.246. The van der Waals surface area contributed by atoms with E-state index >= 15 is 0 Å². The lowest BCUT2D eigenvalue weighted by atomic mass is 10.2. The summed E-state index contributed by atoms with van der Waals surface area (Å²) in [6, 6.07) is 4.96. The topological polar surface area (TPSA) is 83.6 Å².